The molecule has 0 aliphatic carbocycles. The number of hydrogen-bond donors (Lipinski definition) is 1. The molecule has 0 aromatic carbocycles. The highest BCUT2D eigenvalue weighted by Gasteiger charge is 2.23. The van der Waals surface area contributed by atoms with Crippen LogP contribution in [-0.2, 0) is 9.53 Å². The van der Waals surface area contributed by atoms with E-state index in [0.29, 0.717) is 0 Å². The molecule has 1 amide bonds. The summed E-state index contributed by atoms with van der Waals surface area (Å²) in [5.74, 6) is 0.415. The van der Waals surface area contributed by atoms with Gasteiger partial charge in [-0.25, -0.2) is 0 Å². The number of piperidine rings is 1. The average molecular weight is 214 g/mol. The molecular formula is C11H22N2O2. The van der Waals surface area contributed by atoms with Crippen LogP contribution in [0.25, 0.3) is 0 Å². The third-order valence-electron chi connectivity index (χ3n) is 2.96. The highest BCUT2D eigenvalue weighted by molar-refractivity contribution is 5.78. The summed E-state index contributed by atoms with van der Waals surface area (Å²) in [6.45, 7) is 6.64. The largest absolute Gasteiger partial charge is 0.380 e. The first-order chi connectivity index (χ1) is 7.27. The highest BCUT2D eigenvalue weighted by atomic mass is 16.5. The van der Waals surface area contributed by atoms with Crippen LogP contribution in [0, 0.1) is 5.92 Å². The van der Waals surface area contributed by atoms with Gasteiger partial charge in [0.05, 0.1) is 6.61 Å². The summed E-state index contributed by atoms with van der Waals surface area (Å²) in [4.78, 5) is 13.7. The van der Waals surface area contributed by atoms with Crippen molar-refractivity contribution in [3.8, 4) is 0 Å². The Bertz CT molecular complexity index is 189. The average Bonchev–Trinajstić information content (AvgIpc) is 2.29. The molecule has 0 aromatic rings. The van der Waals surface area contributed by atoms with Crippen molar-refractivity contribution in [1.29, 1.82) is 0 Å². The number of carbonyl (C=O) groups is 1. The number of carbonyl (C=O) groups excluding carboxylic acids is 1. The van der Waals surface area contributed by atoms with Crippen LogP contribution < -0.4 is 5.32 Å². The Balaban J connectivity index is 2.15. The lowest BCUT2D eigenvalue weighted by atomic mass is 9.96. The highest BCUT2D eigenvalue weighted by Crippen LogP contribution is 2.16. The Morgan fingerprint density at radius 3 is 2.67 bits per heavy atom. The van der Waals surface area contributed by atoms with Gasteiger partial charge in [-0.05, 0) is 32.9 Å². The van der Waals surface area contributed by atoms with Gasteiger partial charge in [-0.3, -0.25) is 4.79 Å². The predicted octanol–water partition coefficient (Wildman–Crippen LogP) is 0.481. The number of amides is 1. The van der Waals surface area contributed by atoms with E-state index in [1.807, 2.05) is 6.92 Å². The molecule has 1 aliphatic rings. The van der Waals surface area contributed by atoms with Gasteiger partial charge in [0.1, 0.15) is 0 Å². The van der Waals surface area contributed by atoms with Gasteiger partial charge in [-0.15, -0.1) is 0 Å². The first-order valence-corrected chi connectivity index (χ1v) is 5.79. The molecule has 0 atom stereocenters. The van der Waals surface area contributed by atoms with E-state index in [1.165, 1.54) is 0 Å². The summed E-state index contributed by atoms with van der Waals surface area (Å²) in [6.07, 6.45) is 1.96. The van der Waals surface area contributed by atoms with Crippen molar-refractivity contribution in [3.05, 3.63) is 0 Å². The third-order valence-corrected chi connectivity index (χ3v) is 2.96. The van der Waals surface area contributed by atoms with Crippen LogP contribution in [0.2, 0.25) is 0 Å². The van der Waals surface area contributed by atoms with Crippen molar-refractivity contribution in [3.63, 3.8) is 0 Å². The van der Waals surface area contributed by atoms with E-state index in [4.69, 9.17) is 4.74 Å². The molecule has 0 radical (unpaired) electrons. The van der Waals surface area contributed by atoms with E-state index in [2.05, 4.69) is 10.2 Å². The minimum absolute atomic E-state index is 0.194. The normalized spacial score (nSPS) is 19.1. The van der Waals surface area contributed by atoms with Crippen molar-refractivity contribution in [1.82, 2.24) is 10.2 Å². The second-order valence-corrected chi connectivity index (χ2v) is 3.93. The van der Waals surface area contributed by atoms with Crippen molar-refractivity contribution in [2.45, 2.75) is 19.8 Å². The Morgan fingerprint density at radius 2 is 2.13 bits per heavy atom. The molecule has 4 nitrogen and oxygen atoms in total. The molecule has 0 aromatic heterocycles. The molecule has 88 valence electrons. The maximum atomic E-state index is 11.4. The Kier molecular flexibility index (Phi) is 5.65. The van der Waals surface area contributed by atoms with Crippen LogP contribution in [-0.4, -0.2) is 50.7 Å². The standard InChI is InChI=1S/C11H22N2O2/c1-3-15-9-8-13-6-4-10(5-7-13)11(14)12-2/h10H,3-9H2,1-2H3,(H,12,14). The van der Waals surface area contributed by atoms with Gasteiger partial charge < -0.3 is 15.0 Å². The summed E-state index contributed by atoms with van der Waals surface area (Å²) < 4.78 is 5.31. The Labute approximate surface area is 92.0 Å². The molecule has 0 unspecified atom stereocenters. The number of hydrogen-bond acceptors (Lipinski definition) is 3. The van der Waals surface area contributed by atoms with Gasteiger partial charge in [0, 0.05) is 26.1 Å². The zero-order valence-electron chi connectivity index (χ0n) is 9.79. The molecule has 1 N–H and O–H groups in total. The van der Waals surface area contributed by atoms with Gasteiger partial charge in [-0.1, -0.05) is 0 Å². The number of likely N-dealkylation sites (tertiary alicyclic amines) is 1. The summed E-state index contributed by atoms with van der Waals surface area (Å²) in [7, 11) is 1.71. The van der Waals surface area contributed by atoms with Crippen LogP contribution in [0.1, 0.15) is 19.8 Å². The fraction of sp³-hybridized carbons (Fsp3) is 0.909. The SMILES string of the molecule is CCOCCN1CCC(C(=O)NC)CC1. The third kappa shape index (κ3) is 4.18. The van der Waals surface area contributed by atoms with Crippen molar-refractivity contribution in [2.75, 3.05) is 39.9 Å². The molecule has 0 spiro atoms. The van der Waals surface area contributed by atoms with Crippen molar-refractivity contribution < 1.29 is 9.53 Å². The molecule has 0 bridgehead atoms. The lowest BCUT2D eigenvalue weighted by Crippen LogP contribution is -2.40. The smallest absolute Gasteiger partial charge is 0.222 e. The van der Waals surface area contributed by atoms with Crippen LogP contribution in [0.3, 0.4) is 0 Å². The fourth-order valence-corrected chi connectivity index (χ4v) is 1.96. The Hall–Kier alpha value is -0.610. The molecule has 1 fully saturated rings. The van der Waals surface area contributed by atoms with Crippen LogP contribution in [0.5, 0.6) is 0 Å². The summed E-state index contributed by atoms with van der Waals surface area (Å²) >= 11 is 0. The van der Waals surface area contributed by atoms with E-state index < -0.39 is 0 Å². The summed E-state index contributed by atoms with van der Waals surface area (Å²) in [6, 6.07) is 0. The van der Waals surface area contributed by atoms with E-state index in [-0.39, 0.29) is 11.8 Å². The lowest BCUT2D eigenvalue weighted by molar-refractivity contribution is -0.125. The van der Waals surface area contributed by atoms with Crippen molar-refractivity contribution >= 4 is 5.91 Å². The first-order valence-electron chi connectivity index (χ1n) is 5.79. The number of nitrogens with one attached hydrogen (secondary N) is 1. The molecule has 1 aliphatic heterocycles. The number of nitrogens with zero attached hydrogens (tertiary/aromatic N) is 1. The minimum Gasteiger partial charge on any atom is -0.380 e. The second-order valence-electron chi connectivity index (χ2n) is 3.93. The Morgan fingerprint density at radius 1 is 1.47 bits per heavy atom. The molecule has 1 heterocycles. The second kappa shape index (κ2) is 6.80. The maximum absolute atomic E-state index is 11.4. The van der Waals surface area contributed by atoms with Crippen LogP contribution in [0.4, 0.5) is 0 Å². The molecule has 1 saturated heterocycles. The summed E-state index contributed by atoms with van der Waals surface area (Å²) in [5, 5.41) is 2.72. The molecule has 15 heavy (non-hydrogen) atoms. The van der Waals surface area contributed by atoms with Crippen molar-refractivity contribution in [2.24, 2.45) is 5.92 Å². The predicted molar refractivity (Wildman–Crippen MR) is 59.7 cm³/mol. The molecule has 0 saturated carbocycles. The van der Waals surface area contributed by atoms with Gasteiger partial charge >= 0.3 is 0 Å². The first kappa shape index (κ1) is 12.5. The van der Waals surface area contributed by atoms with Gasteiger partial charge in [0.2, 0.25) is 5.91 Å². The quantitative estimate of drug-likeness (QED) is 0.677. The molecule has 4 heteroatoms. The molecule has 1 rings (SSSR count). The molecular weight excluding hydrogens is 192 g/mol. The number of rotatable bonds is 5. The topological polar surface area (TPSA) is 41.6 Å². The van der Waals surface area contributed by atoms with E-state index >= 15 is 0 Å². The van der Waals surface area contributed by atoms with E-state index in [9.17, 15) is 4.79 Å². The van der Waals surface area contributed by atoms with Gasteiger partial charge in [0.15, 0.2) is 0 Å². The van der Waals surface area contributed by atoms with Gasteiger partial charge in [0.25, 0.3) is 0 Å². The number of ether oxygens (including phenoxy) is 1. The summed E-state index contributed by atoms with van der Waals surface area (Å²) in [5.41, 5.74) is 0. The van der Waals surface area contributed by atoms with Gasteiger partial charge in [-0.2, -0.15) is 0 Å². The maximum Gasteiger partial charge on any atom is 0.222 e. The van der Waals surface area contributed by atoms with Crippen LogP contribution >= 0.6 is 0 Å². The van der Waals surface area contributed by atoms with Crippen LogP contribution in [0.15, 0.2) is 0 Å². The fourth-order valence-electron chi connectivity index (χ4n) is 1.96. The monoisotopic (exact) mass is 214 g/mol. The minimum atomic E-state index is 0.194. The van der Waals surface area contributed by atoms with E-state index in [0.717, 1.165) is 45.7 Å². The van der Waals surface area contributed by atoms with E-state index in [1.54, 1.807) is 7.05 Å². The zero-order valence-corrected chi connectivity index (χ0v) is 9.79. The lowest BCUT2D eigenvalue weighted by Gasteiger charge is -2.30. The zero-order chi connectivity index (χ0) is 11.1.